The van der Waals surface area contributed by atoms with Crippen LogP contribution < -0.4 is 0 Å². The molecule has 128 valence electrons. The van der Waals surface area contributed by atoms with Crippen LogP contribution >= 0.6 is 0 Å². The van der Waals surface area contributed by atoms with Crippen LogP contribution in [0.15, 0.2) is 36.9 Å². The molecule has 1 aliphatic heterocycles. The number of alkyl halides is 3. The minimum absolute atomic E-state index is 0.0349. The van der Waals surface area contributed by atoms with E-state index in [4.69, 9.17) is 0 Å². The minimum Gasteiger partial charge on any atom is -0.337 e. The maximum absolute atomic E-state index is 13.4. The zero-order chi connectivity index (χ0) is 17.3. The summed E-state index contributed by atoms with van der Waals surface area (Å²) in [6.07, 6.45) is 1.84. The van der Waals surface area contributed by atoms with Crippen molar-refractivity contribution in [3.8, 4) is 0 Å². The van der Waals surface area contributed by atoms with Gasteiger partial charge in [-0.25, -0.2) is 9.37 Å². The molecule has 0 saturated carbocycles. The molecule has 4 nitrogen and oxygen atoms in total. The number of rotatable bonds is 2. The van der Waals surface area contributed by atoms with Crippen LogP contribution in [0.25, 0.3) is 0 Å². The van der Waals surface area contributed by atoms with E-state index >= 15 is 0 Å². The van der Waals surface area contributed by atoms with Gasteiger partial charge < -0.3 is 9.47 Å². The molecule has 0 N–H and O–H groups in total. The first kappa shape index (κ1) is 16.5. The molecule has 1 aromatic carbocycles. The number of benzene rings is 1. The predicted octanol–water partition coefficient (Wildman–Crippen LogP) is 3.52. The van der Waals surface area contributed by atoms with Gasteiger partial charge >= 0.3 is 6.18 Å². The number of halogens is 4. The maximum atomic E-state index is 13.4. The number of piperidine rings is 1. The van der Waals surface area contributed by atoms with E-state index in [1.165, 1.54) is 4.90 Å². The van der Waals surface area contributed by atoms with Crippen LogP contribution in [-0.2, 0) is 6.18 Å². The van der Waals surface area contributed by atoms with Crippen LogP contribution in [0.5, 0.6) is 0 Å². The molecule has 1 atom stereocenters. The Balaban J connectivity index is 1.81. The molecule has 1 amide bonds. The van der Waals surface area contributed by atoms with Gasteiger partial charge in [-0.15, -0.1) is 0 Å². The summed E-state index contributed by atoms with van der Waals surface area (Å²) in [5, 5.41) is 0. The Morgan fingerprint density at radius 3 is 2.75 bits per heavy atom. The lowest BCUT2D eigenvalue weighted by Gasteiger charge is -2.33. The number of nitrogens with zero attached hydrogens (tertiary/aromatic N) is 3. The largest absolute Gasteiger partial charge is 0.419 e. The molecule has 2 aromatic rings. The van der Waals surface area contributed by atoms with E-state index in [0.29, 0.717) is 25.2 Å². The smallest absolute Gasteiger partial charge is 0.337 e. The molecule has 2 heterocycles. The molecule has 1 aliphatic rings. The fraction of sp³-hybridized carbons (Fsp3) is 0.375. The number of hydrogen-bond donors (Lipinski definition) is 0. The summed E-state index contributed by atoms with van der Waals surface area (Å²) in [5.74, 6) is -1.90. The number of hydrogen-bond acceptors (Lipinski definition) is 2. The van der Waals surface area contributed by atoms with Gasteiger partial charge in [-0.3, -0.25) is 4.79 Å². The van der Waals surface area contributed by atoms with E-state index in [0.717, 1.165) is 18.9 Å². The van der Waals surface area contributed by atoms with Crippen molar-refractivity contribution in [3.63, 3.8) is 0 Å². The molecule has 1 aromatic heterocycles. The zero-order valence-corrected chi connectivity index (χ0v) is 12.6. The van der Waals surface area contributed by atoms with E-state index in [-0.39, 0.29) is 11.6 Å². The average Bonchev–Trinajstić information content (AvgIpc) is 3.08. The highest BCUT2D eigenvalue weighted by Gasteiger charge is 2.35. The monoisotopic (exact) mass is 341 g/mol. The van der Waals surface area contributed by atoms with Gasteiger partial charge in [0.25, 0.3) is 5.91 Å². The first-order valence-corrected chi connectivity index (χ1v) is 7.49. The van der Waals surface area contributed by atoms with Crippen molar-refractivity contribution in [2.75, 3.05) is 13.1 Å². The molecule has 1 fully saturated rings. The summed E-state index contributed by atoms with van der Waals surface area (Å²) in [6, 6.07) is 2.40. The highest BCUT2D eigenvalue weighted by atomic mass is 19.4. The lowest BCUT2D eigenvalue weighted by atomic mass is 10.0. The second kappa shape index (κ2) is 6.26. The van der Waals surface area contributed by atoms with Gasteiger partial charge in [0.2, 0.25) is 0 Å². The van der Waals surface area contributed by atoms with Crippen molar-refractivity contribution in [2.24, 2.45) is 0 Å². The summed E-state index contributed by atoms with van der Waals surface area (Å²) in [6.45, 7) is 0.844. The molecule has 3 rings (SSSR count). The van der Waals surface area contributed by atoms with Crippen molar-refractivity contribution in [1.29, 1.82) is 0 Å². The molecule has 1 saturated heterocycles. The molecule has 0 bridgehead atoms. The lowest BCUT2D eigenvalue weighted by Crippen LogP contribution is -2.40. The van der Waals surface area contributed by atoms with Crippen LogP contribution in [0.4, 0.5) is 17.6 Å². The average molecular weight is 341 g/mol. The third-order valence-electron chi connectivity index (χ3n) is 4.15. The molecule has 0 aliphatic carbocycles. The SMILES string of the molecule is O=C(c1ccc(F)c(C(F)(F)F)c1)N1CCC[C@@H](n2ccnc2)C1. The zero-order valence-electron chi connectivity index (χ0n) is 12.6. The molecule has 24 heavy (non-hydrogen) atoms. The molecule has 0 radical (unpaired) electrons. The fourth-order valence-electron chi connectivity index (χ4n) is 2.93. The first-order valence-electron chi connectivity index (χ1n) is 7.49. The van der Waals surface area contributed by atoms with E-state index in [2.05, 4.69) is 4.98 Å². The van der Waals surface area contributed by atoms with Gasteiger partial charge in [-0.1, -0.05) is 0 Å². The Hall–Kier alpha value is -2.38. The molecule has 0 unspecified atom stereocenters. The third kappa shape index (κ3) is 3.27. The fourth-order valence-corrected chi connectivity index (χ4v) is 2.93. The summed E-state index contributed by atoms with van der Waals surface area (Å²) in [7, 11) is 0. The third-order valence-corrected chi connectivity index (χ3v) is 4.15. The molecule has 0 spiro atoms. The Morgan fingerprint density at radius 1 is 1.29 bits per heavy atom. The molecular weight excluding hydrogens is 326 g/mol. The highest BCUT2D eigenvalue weighted by Crippen LogP contribution is 2.32. The molecule has 8 heteroatoms. The number of likely N-dealkylation sites (tertiary alicyclic amines) is 1. The number of imidazole rings is 1. The summed E-state index contributed by atoms with van der Waals surface area (Å²) < 4.78 is 53.7. The van der Waals surface area contributed by atoms with Crippen molar-refractivity contribution >= 4 is 5.91 Å². The van der Waals surface area contributed by atoms with Crippen LogP contribution in [0.1, 0.15) is 34.8 Å². The van der Waals surface area contributed by atoms with Gasteiger partial charge in [-0.05, 0) is 31.0 Å². The highest BCUT2D eigenvalue weighted by molar-refractivity contribution is 5.94. The van der Waals surface area contributed by atoms with Crippen LogP contribution in [0.2, 0.25) is 0 Å². The number of aromatic nitrogens is 2. The van der Waals surface area contributed by atoms with Gasteiger partial charge in [-0.2, -0.15) is 13.2 Å². The van der Waals surface area contributed by atoms with E-state index < -0.39 is 23.5 Å². The first-order chi connectivity index (χ1) is 11.4. The number of carbonyl (C=O) groups is 1. The van der Waals surface area contributed by atoms with Crippen molar-refractivity contribution in [1.82, 2.24) is 14.5 Å². The number of carbonyl (C=O) groups excluding carboxylic acids is 1. The summed E-state index contributed by atoms with van der Waals surface area (Å²) in [4.78, 5) is 18.0. The van der Waals surface area contributed by atoms with Crippen molar-refractivity contribution in [3.05, 3.63) is 53.9 Å². The van der Waals surface area contributed by atoms with Gasteiger partial charge in [0.1, 0.15) is 5.82 Å². The minimum atomic E-state index is -4.83. The van der Waals surface area contributed by atoms with E-state index in [1.54, 1.807) is 18.7 Å². The van der Waals surface area contributed by atoms with Crippen molar-refractivity contribution < 1.29 is 22.4 Å². The summed E-state index contributed by atoms with van der Waals surface area (Å²) in [5.41, 5.74) is -1.58. The lowest BCUT2D eigenvalue weighted by molar-refractivity contribution is -0.140. The topological polar surface area (TPSA) is 38.1 Å². The van der Waals surface area contributed by atoms with Crippen LogP contribution in [0.3, 0.4) is 0 Å². The molecular formula is C16H15F4N3O. The summed E-state index contributed by atoms with van der Waals surface area (Å²) >= 11 is 0. The Morgan fingerprint density at radius 2 is 2.08 bits per heavy atom. The van der Waals surface area contributed by atoms with Gasteiger partial charge in [0.15, 0.2) is 0 Å². The normalized spacial score (nSPS) is 18.7. The second-order valence-corrected chi connectivity index (χ2v) is 5.75. The van der Waals surface area contributed by atoms with Gasteiger partial charge in [0.05, 0.1) is 17.9 Å². The number of amides is 1. The van der Waals surface area contributed by atoms with Crippen molar-refractivity contribution in [2.45, 2.75) is 25.1 Å². The van der Waals surface area contributed by atoms with Gasteiger partial charge in [0, 0.05) is 31.0 Å². The van der Waals surface area contributed by atoms with E-state index in [1.807, 2.05) is 4.57 Å². The Bertz CT molecular complexity index is 727. The Kier molecular flexibility index (Phi) is 4.29. The second-order valence-electron chi connectivity index (χ2n) is 5.75. The quantitative estimate of drug-likeness (QED) is 0.784. The maximum Gasteiger partial charge on any atom is 0.419 e. The van der Waals surface area contributed by atoms with Crippen LogP contribution in [-0.4, -0.2) is 33.4 Å². The Labute approximate surface area is 135 Å². The predicted molar refractivity (Wildman–Crippen MR) is 77.8 cm³/mol. The van der Waals surface area contributed by atoms with E-state index in [9.17, 15) is 22.4 Å². The standard InChI is InChI=1S/C16H15F4N3O/c17-14-4-3-11(8-13(14)16(18,19)20)15(24)22-6-1-2-12(9-22)23-7-5-21-10-23/h3-5,7-8,10,12H,1-2,6,9H2/t12-/m1/s1. The van der Waals surface area contributed by atoms with Crippen LogP contribution in [0, 0.1) is 5.82 Å².